The minimum atomic E-state index is -1.34. The molecule has 2 aromatic carbocycles. The van der Waals surface area contributed by atoms with Crippen LogP contribution in [0.2, 0.25) is 0 Å². The maximum atomic E-state index is 13.6. The average molecular weight is 260 g/mol. The first-order chi connectivity index (χ1) is 8.99. The second-order valence-corrected chi connectivity index (χ2v) is 4.16. The first kappa shape index (κ1) is 12.9. The summed E-state index contributed by atoms with van der Waals surface area (Å²) in [5, 5.41) is 11.8. The van der Waals surface area contributed by atoms with Gasteiger partial charge in [0, 0.05) is 11.8 Å². The Kier molecular flexibility index (Phi) is 3.37. The zero-order valence-corrected chi connectivity index (χ0v) is 10.3. The van der Waals surface area contributed by atoms with E-state index in [0.29, 0.717) is 5.69 Å². The van der Waals surface area contributed by atoms with Gasteiger partial charge in [0.1, 0.15) is 5.82 Å². The number of carboxylic acid groups (broad SMARTS) is 1. The molecule has 0 spiro atoms. The maximum Gasteiger partial charge on any atom is 0.338 e. The first-order valence-electron chi connectivity index (χ1n) is 5.64. The highest BCUT2D eigenvalue weighted by molar-refractivity contribution is 5.91. The molecule has 0 aliphatic rings. The molecule has 0 bridgehead atoms. The molecule has 2 aromatic rings. The van der Waals surface area contributed by atoms with E-state index in [1.807, 2.05) is 31.2 Å². The van der Waals surface area contributed by atoms with Crippen LogP contribution in [0.25, 0.3) is 0 Å². The van der Waals surface area contributed by atoms with Crippen LogP contribution < -0.4 is 11.1 Å². The van der Waals surface area contributed by atoms with E-state index in [9.17, 15) is 9.18 Å². The molecule has 4 N–H and O–H groups in total. The predicted molar refractivity (Wildman–Crippen MR) is 72.2 cm³/mol. The van der Waals surface area contributed by atoms with Gasteiger partial charge in [-0.1, -0.05) is 18.2 Å². The number of para-hydroxylation sites is 1. The molecule has 0 saturated carbocycles. The number of nitrogen functional groups attached to an aromatic ring is 1. The summed E-state index contributed by atoms with van der Waals surface area (Å²) < 4.78 is 13.6. The maximum absolute atomic E-state index is 13.6. The van der Waals surface area contributed by atoms with E-state index >= 15 is 0 Å². The topological polar surface area (TPSA) is 75.3 Å². The van der Waals surface area contributed by atoms with Crippen LogP contribution in [0, 0.1) is 12.7 Å². The molecule has 0 amide bonds. The predicted octanol–water partition coefficient (Wildman–Crippen LogP) is 3.16. The molecule has 0 saturated heterocycles. The van der Waals surface area contributed by atoms with Crippen molar-refractivity contribution in [2.24, 2.45) is 0 Å². The fourth-order valence-corrected chi connectivity index (χ4v) is 1.72. The summed E-state index contributed by atoms with van der Waals surface area (Å²) in [6.07, 6.45) is 0. The van der Waals surface area contributed by atoms with Crippen LogP contribution in [-0.2, 0) is 0 Å². The van der Waals surface area contributed by atoms with E-state index in [0.717, 1.165) is 23.4 Å². The Labute approximate surface area is 109 Å². The van der Waals surface area contributed by atoms with Crippen molar-refractivity contribution in [1.82, 2.24) is 0 Å². The van der Waals surface area contributed by atoms with Crippen LogP contribution in [0.15, 0.2) is 36.4 Å². The second kappa shape index (κ2) is 4.97. The lowest BCUT2D eigenvalue weighted by Gasteiger charge is -2.12. The van der Waals surface area contributed by atoms with Gasteiger partial charge in [0.2, 0.25) is 0 Å². The third kappa shape index (κ3) is 2.65. The third-order valence-corrected chi connectivity index (χ3v) is 2.78. The highest BCUT2D eigenvalue weighted by Crippen LogP contribution is 2.27. The van der Waals surface area contributed by atoms with Gasteiger partial charge in [0.15, 0.2) is 0 Å². The van der Waals surface area contributed by atoms with E-state index < -0.39 is 17.3 Å². The molecule has 4 nitrogen and oxygen atoms in total. The monoisotopic (exact) mass is 260 g/mol. The highest BCUT2D eigenvalue weighted by atomic mass is 19.1. The number of anilines is 3. The Morgan fingerprint density at radius 3 is 2.58 bits per heavy atom. The molecule has 0 atom stereocenters. The van der Waals surface area contributed by atoms with E-state index in [-0.39, 0.29) is 5.69 Å². The van der Waals surface area contributed by atoms with Crippen molar-refractivity contribution in [3.8, 4) is 0 Å². The zero-order valence-electron chi connectivity index (χ0n) is 10.3. The van der Waals surface area contributed by atoms with Gasteiger partial charge in [0.05, 0.1) is 16.9 Å². The molecule has 0 aliphatic heterocycles. The molecular formula is C14H13FN2O2. The van der Waals surface area contributed by atoms with E-state index in [1.54, 1.807) is 0 Å². The molecule has 2 rings (SSSR count). The Morgan fingerprint density at radius 2 is 1.95 bits per heavy atom. The summed E-state index contributed by atoms with van der Waals surface area (Å²) >= 11 is 0. The molecule has 0 aliphatic carbocycles. The van der Waals surface area contributed by atoms with Gasteiger partial charge in [-0.05, 0) is 24.6 Å². The van der Waals surface area contributed by atoms with Gasteiger partial charge >= 0.3 is 5.97 Å². The fraction of sp³-hybridized carbons (Fsp3) is 0.0714. The first-order valence-corrected chi connectivity index (χ1v) is 5.64. The summed E-state index contributed by atoms with van der Waals surface area (Å²) in [4.78, 5) is 10.8. The Balaban J connectivity index is 2.39. The van der Waals surface area contributed by atoms with Crippen LogP contribution in [0.5, 0.6) is 0 Å². The average Bonchev–Trinajstić information content (AvgIpc) is 2.35. The van der Waals surface area contributed by atoms with Crippen molar-refractivity contribution in [2.45, 2.75) is 6.92 Å². The number of nitrogens with one attached hydrogen (secondary N) is 1. The number of carboxylic acids is 1. The number of hydrogen-bond donors (Lipinski definition) is 3. The lowest BCUT2D eigenvalue weighted by atomic mass is 10.1. The molecule has 0 unspecified atom stereocenters. The lowest BCUT2D eigenvalue weighted by molar-refractivity contribution is 0.0692. The Morgan fingerprint density at radius 1 is 1.26 bits per heavy atom. The van der Waals surface area contributed by atoms with E-state index in [1.165, 1.54) is 0 Å². The van der Waals surface area contributed by atoms with Crippen molar-refractivity contribution in [3.63, 3.8) is 0 Å². The van der Waals surface area contributed by atoms with Crippen molar-refractivity contribution in [2.75, 3.05) is 11.1 Å². The highest BCUT2D eigenvalue weighted by Gasteiger charge is 2.14. The van der Waals surface area contributed by atoms with Gasteiger partial charge in [-0.15, -0.1) is 0 Å². The zero-order chi connectivity index (χ0) is 14.0. The fourth-order valence-electron chi connectivity index (χ4n) is 1.72. The van der Waals surface area contributed by atoms with Crippen LogP contribution in [0.1, 0.15) is 15.9 Å². The van der Waals surface area contributed by atoms with Crippen LogP contribution in [0.4, 0.5) is 21.5 Å². The van der Waals surface area contributed by atoms with Crippen LogP contribution >= 0.6 is 0 Å². The van der Waals surface area contributed by atoms with Crippen molar-refractivity contribution >= 4 is 23.0 Å². The molecule has 0 radical (unpaired) electrons. The number of benzene rings is 2. The van der Waals surface area contributed by atoms with E-state index in [4.69, 9.17) is 10.8 Å². The lowest BCUT2D eigenvalue weighted by Crippen LogP contribution is -2.05. The van der Waals surface area contributed by atoms with Crippen molar-refractivity contribution in [3.05, 3.63) is 53.3 Å². The molecular weight excluding hydrogens is 247 g/mol. The third-order valence-electron chi connectivity index (χ3n) is 2.78. The van der Waals surface area contributed by atoms with Crippen LogP contribution in [0.3, 0.4) is 0 Å². The number of aromatic carboxylic acids is 1. The van der Waals surface area contributed by atoms with Gasteiger partial charge in [-0.2, -0.15) is 0 Å². The number of rotatable bonds is 3. The number of halogens is 1. The molecule has 0 heterocycles. The largest absolute Gasteiger partial charge is 0.478 e. The summed E-state index contributed by atoms with van der Waals surface area (Å²) in [5.41, 5.74) is 7.59. The smallest absolute Gasteiger partial charge is 0.338 e. The molecule has 5 heteroatoms. The Hall–Kier alpha value is -2.56. The second-order valence-electron chi connectivity index (χ2n) is 4.16. The number of carbonyl (C=O) groups is 1. The summed E-state index contributed by atoms with van der Waals surface area (Å²) in [5.74, 6) is -2.16. The standard InChI is InChI=1S/C14H13FN2O2/c1-8-4-2-3-5-12(8)17-13-7-10(15)9(14(18)19)6-11(13)16/h2-7,17H,16H2,1H3,(H,18,19). The van der Waals surface area contributed by atoms with Crippen molar-refractivity contribution in [1.29, 1.82) is 0 Å². The SMILES string of the molecule is Cc1ccccc1Nc1cc(F)c(C(=O)O)cc1N. The number of aryl methyl sites for hydroxylation is 1. The van der Waals surface area contributed by atoms with Gasteiger partial charge in [-0.25, -0.2) is 9.18 Å². The normalized spacial score (nSPS) is 10.2. The number of nitrogens with two attached hydrogens (primary N) is 1. The van der Waals surface area contributed by atoms with Gasteiger partial charge in [0.25, 0.3) is 0 Å². The Bertz CT molecular complexity index is 641. The summed E-state index contributed by atoms with van der Waals surface area (Å²) in [7, 11) is 0. The quantitative estimate of drug-likeness (QED) is 0.741. The molecule has 19 heavy (non-hydrogen) atoms. The van der Waals surface area contributed by atoms with E-state index in [2.05, 4.69) is 5.32 Å². The van der Waals surface area contributed by atoms with Crippen molar-refractivity contribution < 1.29 is 14.3 Å². The summed E-state index contributed by atoms with van der Waals surface area (Å²) in [6, 6.07) is 9.66. The van der Waals surface area contributed by atoms with Crippen LogP contribution in [-0.4, -0.2) is 11.1 Å². The molecule has 98 valence electrons. The molecule has 0 aromatic heterocycles. The molecule has 0 fully saturated rings. The minimum absolute atomic E-state index is 0.182. The van der Waals surface area contributed by atoms with Gasteiger partial charge < -0.3 is 16.2 Å². The van der Waals surface area contributed by atoms with Gasteiger partial charge in [-0.3, -0.25) is 0 Å². The minimum Gasteiger partial charge on any atom is -0.478 e. The number of hydrogen-bond acceptors (Lipinski definition) is 3. The summed E-state index contributed by atoms with van der Waals surface area (Å²) in [6.45, 7) is 1.90.